The van der Waals surface area contributed by atoms with Crippen LogP contribution < -0.4 is 0 Å². The Bertz CT molecular complexity index is 716. The van der Waals surface area contributed by atoms with Crippen molar-refractivity contribution in [3.8, 4) is 6.07 Å². The summed E-state index contributed by atoms with van der Waals surface area (Å²) in [5, 5.41) is 10.4. The zero-order valence-electron chi connectivity index (χ0n) is 15.7. The largest absolute Gasteiger partial charge is 0.300 e. The number of allylic oxidation sites excluding steroid dienone is 1. The molecule has 0 aromatic heterocycles. The summed E-state index contributed by atoms with van der Waals surface area (Å²) in [6.45, 7) is 6.32. The minimum atomic E-state index is -0.316. The van der Waals surface area contributed by atoms with Crippen molar-refractivity contribution >= 4 is 11.6 Å². The van der Waals surface area contributed by atoms with Crippen LogP contribution in [0.3, 0.4) is 0 Å². The van der Waals surface area contributed by atoms with Crippen LogP contribution >= 0.6 is 0 Å². The molecular formula is C22H29NO2. The van der Waals surface area contributed by atoms with E-state index in [1.165, 1.54) is 5.57 Å². The van der Waals surface area contributed by atoms with Gasteiger partial charge in [-0.05, 0) is 80.6 Å². The molecule has 0 N–H and O–H groups in total. The van der Waals surface area contributed by atoms with Gasteiger partial charge in [0.2, 0.25) is 0 Å². The van der Waals surface area contributed by atoms with Gasteiger partial charge < -0.3 is 0 Å². The SMILES string of the molecule is CC(=O)[C@H]1CC[C@@H]2[C@]1(C)CC[C@H]1[C@@]2(C#N)CCC2=CC(=O)CC[C@@]21C. The molecule has 4 rings (SSSR count). The zero-order chi connectivity index (χ0) is 18.0. The van der Waals surface area contributed by atoms with Crippen LogP contribution in [0.25, 0.3) is 0 Å². The Hall–Kier alpha value is -1.43. The van der Waals surface area contributed by atoms with E-state index in [1.54, 1.807) is 6.92 Å². The van der Waals surface area contributed by atoms with Crippen molar-refractivity contribution < 1.29 is 9.59 Å². The predicted octanol–water partition coefficient (Wildman–Crippen LogP) is 4.62. The summed E-state index contributed by atoms with van der Waals surface area (Å²) >= 11 is 0. The molecule has 134 valence electrons. The van der Waals surface area contributed by atoms with Gasteiger partial charge in [0.15, 0.2) is 5.78 Å². The Morgan fingerprint density at radius 1 is 1.12 bits per heavy atom. The molecule has 3 nitrogen and oxygen atoms in total. The third-order valence-electron chi connectivity index (χ3n) is 8.79. The van der Waals surface area contributed by atoms with E-state index in [2.05, 4.69) is 19.9 Å². The molecule has 3 saturated carbocycles. The van der Waals surface area contributed by atoms with Gasteiger partial charge in [-0.25, -0.2) is 0 Å². The Balaban J connectivity index is 1.79. The van der Waals surface area contributed by atoms with Gasteiger partial charge in [-0.2, -0.15) is 5.26 Å². The van der Waals surface area contributed by atoms with Gasteiger partial charge in [0.05, 0.1) is 11.5 Å². The maximum atomic E-state index is 12.3. The Morgan fingerprint density at radius 3 is 2.56 bits per heavy atom. The molecule has 0 unspecified atom stereocenters. The third kappa shape index (κ3) is 2.03. The normalized spacial score (nSPS) is 48.6. The van der Waals surface area contributed by atoms with E-state index in [1.807, 2.05) is 6.08 Å². The first-order chi connectivity index (χ1) is 11.8. The van der Waals surface area contributed by atoms with E-state index in [-0.39, 0.29) is 27.9 Å². The lowest BCUT2D eigenvalue weighted by atomic mass is 9.41. The highest BCUT2D eigenvalue weighted by Gasteiger charge is 2.66. The molecule has 3 fully saturated rings. The minimum absolute atomic E-state index is 0.00245. The monoisotopic (exact) mass is 339 g/mol. The number of nitrogens with zero attached hydrogens (tertiary/aromatic N) is 1. The van der Waals surface area contributed by atoms with Gasteiger partial charge in [-0.3, -0.25) is 9.59 Å². The van der Waals surface area contributed by atoms with Crippen LogP contribution in [0.1, 0.15) is 72.1 Å². The van der Waals surface area contributed by atoms with Crippen molar-refractivity contribution in [1.29, 1.82) is 5.26 Å². The number of nitriles is 1. The molecule has 25 heavy (non-hydrogen) atoms. The van der Waals surface area contributed by atoms with E-state index in [0.717, 1.165) is 44.9 Å². The molecule has 0 spiro atoms. The van der Waals surface area contributed by atoms with Gasteiger partial charge in [0.1, 0.15) is 5.78 Å². The molecule has 0 aromatic rings. The first kappa shape index (κ1) is 17.0. The van der Waals surface area contributed by atoms with Crippen LogP contribution in [-0.4, -0.2) is 11.6 Å². The smallest absolute Gasteiger partial charge is 0.155 e. The van der Waals surface area contributed by atoms with Crippen LogP contribution in [0.15, 0.2) is 11.6 Å². The number of carbonyl (C=O) groups excluding carboxylic acids is 2. The summed E-state index contributed by atoms with van der Waals surface area (Å²) in [5.41, 5.74) is 0.964. The molecule has 0 aromatic carbocycles. The maximum Gasteiger partial charge on any atom is 0.155 e. The number of rotatable bonds is 1. The molecule has 0 bridgehead atoms. The fourth-order valence-electron chi connectivity index (χ4n) is 7.57. The highest BCUT2D eigenvalue weighted by atomic mass is 16.1. The van der Waals surface area contributed by atoms with Crippen molar-refractivity contribution in [2.24, 2.45) is 34.0 Å². The van der Waals surface area contributed by atoms with Crippen LogP contribution in [0.2, 0.25) is 0 Å². The van der Waals surface area contributed by atoms with Crippen LogP contribution in [0, 0.1) is 45.3 Å². The molecule has 0 saturated heterocycles. The zero-order valence-corrected chi connectivity index (χ0v) is 15.7. The summed E-state index contributed by atoms with van der Waals surface area (Å²) in [6, 6.07) is 2.82. The average Bonchev–Trinajstić information content (AvgIpc) is 2.93. The quantitative estimate of drug-likeness (QED) is 0.700. The van der Waals surface area contributed by atoms with Crippen LogP contribution in [0.4, 0.5) is 0 Å². The molecule has 3 heteroatoms. The molecular weight excluding hydrogens is 310 g/mol. The van der Waals surface area contributed by atoms with Crippen molar-refractivity contribution in [3.63, 3.8) is 0 Å². The number of hydrogen-bond acceptors (Lipinski definition) is 3. The maximum absolute atomic E-state index is 12.3. The van der Waals surface area contributed by atoms with E-state index >= 15 is 0 Å². The first-order valence-electron chi connectivity index (χ1n) is 9.93. The number of Topliss-reactive ketones (excluding diaryl/α,β-unsaturated/α-hetero) is 1. The van der Waals surface area contributed by atoms with Crippen LogP contribution in [0.5, 0.6) is 0 Å². The van der Waals surface area contributed by atoms with Crippen LogP contribution in [-0.2, 0) is 9.59 Å². The summed E-state index contributed by atoms with van der Waals surface area (Å²) < 4.78 is 0. The standard InChI is InChI=1S/C22H29NO2/c1-14(24)17-4-5-18-21(17,3)10-8-19-20(2)9-7-16(25)12-15(20)6-11-22(18,19)13-23/h12,17-19H,4-11H2,1-3H3/t17-,18-,19-,20+,21-,22-/m1/s1. The lowest BCUT2D eigenvalue weighted by Gasteiger charge is -2.61. The van der Waals surface area contributed by atoms with Crippen molar-refractivity contribution in [1.82, 2.24) is 0 Å². The topological polar surface area (TPSA) is 57.9 Å². The fourth-order valence-corrected chi connectivity index (χ4v) is 7.57. The summed E-state index contributed by atoms with van der Waals surface area (Å²) in [5.74, 6) is 1.36. The van der Waals surface area contributed by atoms with E-state index in [9.17, 15) is 14.9 Å². The number of carbonyl (C=O) groups is 2. The molecule has 4 aliphatic carbocycles. The third-order valence-corrected chi connectivity index (χ3v) is 8.79. The molecule has 0 heterocycles. The lowest BCUT2D eigenvalue weighted by Crippen LogP contribution is -2.57. The molecule has 0 amide bonds. The fraction of sp³-hybridized carbons (Fsp3) is 0.773. The highest BCUT2D eigenvalue weighted by Crippen LogP contribution is 2.71. The molecule has 0 radical (unpaired) electrons. The van der Waals surface area contributed by atoms with Gasteiger partial charge in [-0.15, -0.1) is 0 Å². The van der Waals surface area contributed by atoms with E-state index in [4.69, 9.17) is 0 Å². The summed E-state index contributed by atoms with van der Waals surface area (Å²) in [7, 11) is 0. The number of ketones is 2. The summed E-state index contributed by atoms with van der Waals surface area (Å²) in [4.78, 5) is 24.2. The van der Waals surface area contributed by atoms with Crippen molar-refractivity contribution in [3.05, 3.63) is 11.6 Å². The predicted molar refractivity (Wildman–Crippen MR) is 95.4 cm³/mol. The Kier molecular flexibility index (Phi) is 3.60. The Labute approximate surface area is 150 Å². The van der Waals surface area contributed by atoms with Gasteiger partial charge in [0, 0.05) is 12.3 Å². The molecule has 0 aliphatic heterocycles. The second-order valence-electron chi connectivity index (χ2n) is 9.60. The lowest BCUT2D eigenvalue weighted by molar-refractivity contribution is -0.133. The Morgan fingerprint density at radius 2 is 1.88 bits per heavy atom. The van der Waals surface area contributed by atoms with Crippen molar-refractivity contribution in [2.45, 2.75) is 72.1 Å². The van der Waals surface area contributed by atoms with E-state index in [0.29, 0.717) is 24.0 Å². The second-order valence-corrected chi connectivity index (χ2v) is 9.60. The average molecular weight is 339 g/mol. The first-order valence-corrected chi connectivity index (χ1v) is 9.93. The highest BCUT2D eigenvalue weighted by molar-refractivity contribution is 5.91. The van der Waals surface area contributed by atoms with E-state index < -0.39 is 0 Å². The molecule has 4 aliphatic rings. The molecule has 6 atom stereocenters. The van der Waals surface area contributed by atoms with Crippen molar-refractivity contribution in [2.75, 3.05) is 0 Å². The van der Waals surface area contributed by atoms with Gasteiger partial charge in [-0.1, -0.05) is 19.4 Å². The number of fused-ring (bicyclic) bond motifs is 5. The number of hydrogen-bond donors (Lipinski definition) is 0. The second kappa shape index (κ2) is 5.29. The van der Waals surface area contributed by atoms with Gasteiger partial charge >= 0.3 is 0 Å². The minimum Gasteiger partial charge on any atom is -0.300 e. The summed E-state index contributed by atoms with van der Waals surface area (Å²) in [6.07, 6.45) is 9.19. The van der Waals surface area contributed by atoms with Gasteiger partial charge in [0.25, 0.3) is 0 Å².